The first kappa shape index (κ1) is 12.5. The van der Waals surface area contributed by atoms with Crippen LogP contribution >= 0.6 is 34.8 Å². The molecule has 0 unspecified atom stereocenters. The molecular formula is C12H8Cl3NO. The first-order valence-corrected chi connectivity index (χ1v) is 5.90. The van der Waals surface area contributed by atoms with Crippen LogP contribution in [0.2, 0.25) is 15.1 Å². The van der Waals surface area contributed by atoms with Crippen molar-refractivity contribution in [3.63, 3.8) is 0 Å². The van der Waals surface area contributed by atoms with E-state index in [0.29, 0.717) is 20.9 Å². The van der Waals surface area contributed by atoms with Crippen molar-refractivity contribution in [1.29, 1.82) is 0 Å². The van der Waals surface area contributed by atoms with Gasteiger partial charge in [-0.15, -0.1) is 0 Å². The van der Waals surface area contributed by atoms with Crippen molar-refractivity contribution in [2.45, 2.75) is 0 Å². The number of rotatable bonds is 2. The zero-order valence-electron chi connectivity index (χ0n) is 8.88. The lowest BCUT2D eigenvalue weighted by Gasteiger charge is -2.07. The Kier molecular flexibility index (Phi) is 3.77. The Morgan fingerprint density at radius 1 is 1.00 bits per heavy atom. The van der Waals surface area contributed by atoms with Gasteiger partial charge in [0.25, 0.3) is 0 Å². The van der Waals surface area contributed by atoms with Crippen LogP contribution in [0.5, 0.6) is 5.88 Å². The highest BCUT2D eigenvalue weighted by Gasteiger charge is 2.08. The van der Waals surface area contributed by atoms with E-state index in [1.54, 1.807) is 31.5 Å². The third-order valence-corrected chi connectivity index (χ3v) is 3.30. The highest BCUT2D eigenvalue weighted by atomic mass is 35.5. The van der Waals surface area contributed by atoms with Crippen molar-refractivity contribution < 1.29 is 4.74 Å². The van der Waals surface area contributed by atoms with Crippen LogP contribution in [0.25, 0.3) is 11.1 Å². The van der Waals surface area contributed by atoms with Crippen LogP contribution in [0.1, 0.15) is 0 Å². The monoisotopic (exact) mass is 287 g/mol. The molecule has 2 aromatic rings. The molecule has 0 amide bonds. The van der Waals surface area contributed by atoms with Gasteiger partial charge in [-0.25, -0.2) is 4.98 Å². The number of halogens is 3. The van der Waals surface area contributed by atoms with Crippen molar-refractivity contribution in [3.8, 4) is 17.0 Å². The molecule has 1 aromatic carbocycles. The molecule has 0 spiro atoms. The zero-order valence-corrected chi connectivity index (χ0v) is 11.1. The fourth-order valence-electron chi connectivity index (χ4n) is 1.40. The summed E-state index contributed by atoms with van der Waals surface area (Å²) in [6.07, 6.45) is 1.67. The summed E-state index contributed by atoms with van der Waals surface area (Å²) in [4.78, 5) is 4.11. The van der Waals surface area contributed by atoms with Gasteiger partial charge in [-0.1, -0.05) is 34.8 Å². The van der Waals surface area contributed by atoms with E-state index in [4.69, 9.17) is 39.5 Å². The van der Waals surface area contributed by atoms with Crippen molar-refractivity contribution in [1.82, 2.24) is 4.98 Å². The summed E-state index contributed by atoms with van der Waals surface area (Å²) >= 11 is 17.9. The maximum Gasteiger partial charge on any atom is 0.212 e. The summed E-state index contributed by atoms with van der Waals surface area (Å²) in [5, 5.41) is 1.43. The Hall–Kier alpha value is -0.960. The second kappa shape index (κ2) is 5.13. The van der Waals surface area contributed by atoms with Gasteiger partial charge in [0, 0.05) is 23.4 Å². The lowest BCUT2D eigenvalue weighted by molar-refractivity contribution is 0.398. The standard InChI is InChI=1S/C12H8Cl3NO/c1-17-12-3-2-7(6-16-12)8-4-10(14)11(15)5-9(8)13/h2-6H,1H3. The van der Waals surface area contributed by atoms with E-state index in [1.165, 1.54) is 0 Å². The highest BCUT2D eigenvalue weighted by molar-refractivity contribution is 6.44. The highest BCUT2D eigenvalue weighted by Crippen LogP contribution is 2.35. The molecule has 1 aromatic heterocycles. The van der Waals surface area contributed by atoms with Gasteiger partial charge in [0.15, 0.2) is 0 Å². The van der Waals surface area contributed by atoms with Gasteiger partial charge in [0.1, 0.15) is 0 Å². The Labute approximate surface area is 114 Å². The normalized spacial score (nSPS) is 10.4. The van der Waals surface area contributed by atoms with E-state index < -0.39 is 0 Å². The van der Waals surface area contributed by atoms with Gasteiger partial charge in [-0.2, -0.15) is 0 Å². The average molecular weight is 289 g/mol. The van der Waals surface area contributed by atoms with Gasteiger partial charge in [-0.3, -0.25) is 0 Å². The third kappa shape index (κ3) is 2.65. The van der Waals surface area contributed by atoms with Gasteiger partial charge in [0.2, 0.25) is 5.88 Å². The SMILES string of the molecule is COc1ccc(-c2cc(Cl)c(Cl)cc2Cl)cn1. The molecule has 1 heterocycles. The van der Waals surface area contributed by atoms with E-state index in [1.807, 2.05) is 6.07 Å². The van der Waals surface area contributed by atoms with Crippen LogP contribution in [0.3, 0.4) is 0 Å². The number of nitrogens with zero attached hydrogens (tertiary/aromatic N) is 1. The van der Waals surface area contributed by atoms with Crippen LogP contribution < -0.4 is 4.74 Å². The van der Waals surface area contributed by atoms with Crippen molar-refractivity contribution >= 4 is 34.8 Å². The number of hydrogen-bond acceptors (Lipinski definition) is 2. The number of aromatic nitrogens is 1. The maximum absolute atomic E-state index is 6.11. The molecular weight excluding hydrogens is 280 g/mol. The summed E-state index contributed by atoms with van der Waals surface area (Å²) in [5.41, 5.74) is 1.64. The van der Waals surface area contributed by atoms with Crippen LogP contribution in [-0.2, 0) is 0 Å². The maximum atomic E-state index is 6.11. The number of ether oxygens (including phenoxy) is 1. The van der Waals surface area contributed by atoms with Gasteiger partial charge in [-0.05, 0) is 18.2 Å². The Morgan fingerprint density at radius 3 is 2.29 bits per heavy atom. The average Bonchev–Trinajstić information content (AvgIpc) is 2.34. The summed E-state index contributed by atoms with van der Waals surface area (Å²) in [6.45, 7) is 0. The van der Waals surface area contributed by atoms with Crippen LogP contribution in [0.4, 0.5) is 0 Å². The molecule has 0 aliphatic heterocycles. The van der Waals surface area contributed by atoms with Crippen LogP contribution in [0, 0.1) is 0 Å². The largest absolute Gasteiger partial charge is 0.481 e. The molecule has 0 aliphatic carbocycles. The molecule has 88 valence electrons. The predicted octanol–water partition coefficient (Wildman–Crippen LogP) is 4.72. The summed E-state index contributed by atoms with van der Waals surface area (Å²) < 4.78 is 4.99. The summed E-state index contributed by atoms with van der Waals surface area (Å²) in [6, 6.07) is 6.95. The van der Waals surface area contributed by atoms with Gasteiger partial charge < -0.3 is 4.74 Å². The van der Waals surface area contributed by atoms with Crippen molar-refractivity contribution in [3.05, 3.63) is 45.5 Å². The topological polar surface area (TPSA) is 22.1 Å². The summed E-state index contributed by atoms with van der Waals surface area (Å²) in [7, 11) is 1.56. The molecule has 0 N–H and O–H groups in total. The first-order chi connectivity index (χ1) is 8.11. The number of benzene rings is 1. The fourth-order valence-corrected chi connectivity index (χ4v) is 2.06. The molecule has 0 atom stereocenters. The number of hydrogen-bond donors (Lipinski definition) is 0. The molecule has 0 aliphatic rings. The van der Waals surface area contributed by atoms with E-state index >= 15 is 0 Å². The molecule has 0 bridgehead atoms. The predicted molar refractivity (Wildman–Crippen MR) is 71.3 cm³/mol. The fraction of sp³-hybridized carbons (Fsp3) is 0.0833. The van der Waals surface area contributed by atoms with Crippen LogP contribution in [-0.4, -0.2) is 12.1 Å². The molecule has 0 saturated carbocycles. The Balaban J connectivity index is 2.48. The minimum Gasteiger partial charge on any atom is -0.481 e. The number of methoxy groups -OCH3 is 1. The molecule has 0 radical (unpaired) electrons. The molecule has 0 saturated heterocycles. The second-order valence-corrected chi connectivity index (χ2v) is 4.56. The molecule has 2 rings (SSSR count). The number of pyridine rings is 1. The first-order valence-electron chi connectivity index (χ1n) is 4.77. The van der Waals surface area contributed by atoms with E-state index in [9.17, 15) is 0 Å². The van der Waals surface area contributed by atoms with E-state index in [2.05, 4.69) is 4.98 Å². The van der Waals surface area contributed by atoms with Crippen molar-refractivity contribution in [2.75, 3.05) is 7.11 Å². The lowest BCUT2D eigenvalue weighted by Crippen LogP contribution is -1.88. The zero-order chi connectivity index (χ0) is 12.4. The molecule has 0 fully saturated rings. The van der Waals surface area contributed by atoms with Crippen molar-refractivity contribution in [2.24, 2.45) is 0 Å². The smallest absolute Gasteiger partial charge is 0.212 e. The Morgan fingerprint density at radius 2 is 1.71 bits per heavy atom. The van der Waals surface area contributed by atoms with E-state index in [0.717, 1.165) is 11.1 Å². The van der Waals surface area contributed by atoms with Gasteiger partial charge in [0.05, 0.1) is 22.2 Å². The van der Waals surface area contributed by atoms with Gasteiger partial charge >= 0.3 is 0 Å². The lowest BCUT2D eigenvalue weighted by atomic mass is 10.1. The van der Waals surface area contributed by atoms with Crippen LogP contribution in [0.15, 0.2) is 30.5 Å². The minimum absolute atomic E-state index is 0.432. The molecule has 2 nitrogen and oxygen atoms in total. The Bertz CT molecular complexity index is 540. The van der Waals surface area contributed by atoms with E-state index in [-0.39, 0.29) is 0 Å². The third-order valence-electron chi connectivity index (χ3n) is 2.27. The molecule has 5 heteroatoms. The minimum atomic E-state index is 0.432. The molecule has 17 heavy (non-hydrogen) atoms. The quantitative estimate of drug-likeness (QED) is 0.746. The summed E-state index contributed by atoms with van der Waals surface area (Å²) in [5.74, 6) is 0.546. The second-order valence-electron chi connectivity index (χ2n) is 3.34.